The summed E-state index contributed by atoms with van der Waals surface area (Å²) in [6, 6.07) is 8.07. The van der Waals surface area contributed by atoms with E-state index in [0.717, 1.165) is 6.07 Å². The van der Waals surface area contributed by atoms with Crippen molar-refractivity contribution in [2.45, 2.75) is 0 Å². The predicted octanol–water partition coefficient (Wildman–Crippen LogP) is 2.77. The minimum atomic E-state index is -0.624. The van der Waals surface area contributed by atoms with Crippen molar-refractivity contribution in [2.24, 2.45) is 0 Å². The van der Waals surface area contributed by atoms with Crippen molar-refractivity contribution in [1.82, 2.24) is 15.4 Å². The van der Waals surface area contributed by atoms with Crippen LogP contribution in [0.25, 0.3) is 11.5 Å². The fraction of sp³-hybridized carbons (Fsp3) is 0. The summed E-state index contributed by atoms with van der Waals surface area (Å²) in [5.74, 6) is -1.42. The first-order valence-electron chi connectivity index (χ1n) is 6.51. The molecule has 0 spiro atoms. The molecule has 0 fully saturated rings. The van der Waals surface area contributed by atoms with Gasteiger partial charge in [-0.15, -0.1) is 0 Å². The zero-order chi connectivity index (χ0) is 16.2. The van der Waals surface area contributed by atoms with Crippen LogP contribution in [-0.2, 0) is 0 Å². The van der Waals surface area contributed by atoms with Crippen molar-refractivity contribution in [3.63, 3.8) is 0 Å². The Hall–Kier alpha value is -3.29. The molecular weight excluding hydrogens is 306 g/mol. The molecule has 8 heteroatoms. The molecule has 3 rings (SSSR count). The highest BCUT2D eigenvalue weighted by Gasteiger charge is 2.13. The Kier molecular flexibility index (Phi) is 3.96. The Morgan fingerprint density at radius 2 is 1.78 bits per heavy atom. The normalized spacial score (nSPS) is 10.3. The van der Waals surface area contributed by atoms with E-state index in [2.05, 4.69) is 20.8 Å². The monoisotopic (exact) mass is 316 g/mol. The zero-order valence-corrected chi connectivity index (χ0v) is 11.6. The summed E-state index contributed by atoms with van der Waals surface area (Å²) in [4.78, 5) is 19.3. The van der Waals surface area contributed by atoms with E-state index < -0.39 is 11.9 Å². The minimum absolute atomic E-state index is 0.0353. The summed E-state index contributed by atoms with van der Waals surface area (Å²) < 4.78 is 30.9. The van der Waals surface area contributed by atoms with Crippen LogP contribution < -0.4 is 10.9 Å². The van der Waals surface area contributed by atoms with Gasteiger partial charge in [-0.25, -0.2) is 14.4 Å². The van der Waals surface area contributed by atoms with E-state index in [-0.39, 0.29) is 17.5 Å². The molecule has 1 aromatic carbocycles. The Morgan fingerprint density at radius 1 is 1.00 bits per heavy atom. The number of nitrogens with one attached hydrogen (secondary N) is 2. The molecule has 0 saturated carbocycles. The molecule has 0 atom stereocenters. The molecule has 2 heterocycles. The summed E-state index contributed by atoms with van der Waals surface area (Å²) in [6.45, 7) is 0. The summed E-state index contributed by atoms with van der Waals surface area (Å²) in [7, 11) is 0. The SMILES string of the molecule is O=C(NNc1ccc(F)nc1)c1cnc(-c2ccc(F)cc2)o1. The van der Waals surface area contributed by atoms with Gasteiger partial charge in [-0.3, -0.25) is 15.6 Å². The first-order chi connectivity index (χ1) is 11.1. The highest BCUT2D eigenvalue weighted by molar-refractivity contribution is 5.92. The van der Waals surface area contributed by atoms with Crippen LogP contribution in [0.5, 0.6) is 0 Å². The van der Waals surface area contributed by atoms with Crippen molar-refractivity contribution in [2.75, 3.05) is 5.43 Å². The summed E-state index contributed by atoms with van der Waals surface area (Å²) in [5, 5.41) is 0. The number of halogens is 2. The lowest BCUT2D eigenvalue weighted by Crippen LogP contribution is -2.29. The average Bonchev–Trinajstić information content (AvgIpc) is 3.05. The fourth-order valence-electron chi connectivity index (χ4n) is 1.75. The molecule has 0 aliphatic carbocycles. The number of carbonyl (C=O) groups excluding carboxylic acids is 1. The third kappa shape index (κ3) is 3.49. The van der Waals surface area contributed by atoms with E-state index >= 15 is 0 Å². The largest absolute Gasteiger partial charge is 0.431 e. The standard InChI is InChI=1S/C15H10F2N4O2/c16-10-3-1-9(2-4-10)15-19-8-12(23-15)14(22)21-20-11-5-6-13(17)18-7-11/h1-8,20H,(H,21,22). The molecule has 0 saturated heterocycles. The third-order valence-corrected chi connectivity index (χ3v) is 2.87. The van der Waals surface area contributed by atoms with Crippen LogP contribution in [0.3, 0.4) is 0 Å². The van der Waals surface area contributed by atoms with Gasteiger partial charge < -0.3 is 4.42 Å². The number of hydrazine groups is 1. The number of hydrogen-bond acceptors (Lipinski definition) is 5. The lowest BCUT2D eigenvalue weighted by molar-refractivity contribution is 0.0936. The van der Waals surface area contributed by atoms with Crippen molar-refractivity contribution in [3.8, 4) is 11.5 Å². The highest BCUT2D eigenvalue weighted by atomic mass is 19.1. The lowest BCUT2D eigenvalue weighted by atomic mass is 10.2. The molecule has 2 aromatic heterocycles. The molecule has 0 radical (unpaired) electrons. The molecule has 0 aliphatic rings. The zero-order valence-electron chi connectivity index (χ0n) is 11.6. The third-order valence-electron chi connectivity index (χ3n) is 2.87. The molecule has 6 nitrogen and oxygen atoms in total. The number of rotatable bonds is 4. The first kappa shape index (κ1) is 14.6. The van der Waals surface area contributed by atoms with Gasteiger partial charge in [0, 0.05) is 5.56 Å². The second-order valence-electron chi connectivity index (χ2n) is 4.49. The summed E-state index contributed by atoms with van der Waals surface area (Å²) in [5.41, 5.74) is 5.87. The molecule has 1 amide bonds. The smallest absolute Gasteiger partial charge is 0.307 e. The van der Waals surface area contributed by atoms with Crippen LogP contribution in [0.4, 0.5) is 14.5 Å². The quantitative estimate of drug-likeness (QED) is 0.571. The van der Waals surface area contributed by atoms with Crippen LogP contribution in [0, 0.1) is 11.8 Å². The van der Waals surface area contributed by atoms with Gasteiger partial charge in [0.15, 0.2) is 0 Å². The minimum Gasteiger partial charge on any atom is -0.431 e. The molecule has 0 unspecified atom stereocenters. The molecule has 23 heavy (non-hydrogen) atoms. The Bertz CT molecular complexity index is 816. The Morgan fingerprint density at radius 3 is 2.48 bits per heavy atom. The number of anilines is 1. The van der Waals surface area contributed by atoms with Crippen LogP contribution in [-0.4, -0.2) is 15.9 Å². The molecule has 0 bridgehead atoms. The first-order valence-corrected chi connectivity index (χ1v) is 6.51. The lowest BCUT2D eigenvalue weighted by Gasteiger charge is -2.05. The number of pyridine rings is 1. The van der Waals surface area contributed by atoms with Gasteiger partial charge in [0.2, 0.25) is 17.6 Å². The van der Waals surface area contributed by atoms with E-state index in [1.165, 1.54) is 42.7 Å². The number of amides is 1. The number of carbonyl (C=O) groups is 1. The van der Waals surface area contributed by atoms with E-state index in [1.807, 2.05) is 0 Å². The average molecular weight is 316 g/mol. The molecule has 2 N–H and O–H groups in total. The summed E-state index contributed by atoms with van der Waals surface area (Å²) >= 11 is 0. The van der Waals surface area contributed by atoms with Crippen LogP contribution >= 0.6 is 0 Å². The van der Waals surface area contributed by atoms with E-state index in [1.54, 1.807) is 0 Å². The topological polar surface area (TPSA) is 80.0 Å². The molecular formula is C15H10F2N4O2. The molecule has 3 aromatic rings. The van der Waals surface area contributed by atoms with Gasteiger partial charge in [0.1, 0.15) is 5.82 Å². The Labute approximate surface area is 129 Å². The Balaban J connectivity index is 1.66. The fourth-order valence-corrected chi connectivity index (χ4v) is 1.75. The maximum atomic E-state index is 12.9. The molecule has 0 aliphatic heterocycles. The summed E-state index contributed by atoms with van der Waals surface area (Å²) in [6.07, 6.45) is 2.47. The van der Waals surface area contributed by atoms with E-state index in [9.17, 15) is 13.6 Å². The second-order valence-corrected chi connectivity index (χ2v) is 4.49. The second kappa shape index (κ2) is 6.22. The van der Waals surface area contributed by atoms with Gasteiger partial charge in [0.05, 0.1) is 18.1 Å². The van der Waals surface area contributed by atoms with Gasteiger partial charge >= 0.3 is 5.91 Å². The number of aromatic nitrogens is 2. The van der Waals surface area contributed by atoms with Crippen LogP contribution in [0.1, 0.15) is 10.6 Å². The maximum Gasteiger partial charge on any atom is 0.307 e. The van der Waals surface area contributed by atoms with Crippen LogP contribution in [0.2, 0.25) is 0 Å². The number of hydrogen-bond donors (Lipinski definition) is 2. The van der Waals surface area contributed by atoms with Gasteiger partial charge in [-0.2, -0.15) is 4.39 Å². The van der Waals surface area contributed by atoms with Gasteiger partial charge in [0.25, 0.3) is 0 Å². The van der Waals surface area contributed by atoms with Crippen molar-refractivity contribution >= 4 is 11.6 Å². The van der Waals surface area contributed by atoms with Crippen molar-refractivity contribution in [1.29, 1.82) is 0 Å². The van der Waals surface area contributed by atoms with E-state index in [0.29, 0.717) is 11.3 Å². The number of oxazole rings is 1. The van der Waals surface area contributed by atoms with E-state index in [4.69, 9.17) is 4.42 Å². The van der Waals surface area contributed by atoms with Crippen molar-refractivity contribution in [3.05, 3.63) is 66.3 Å². The highest BCUT2D eigenvalue weighted by Crippen LogP contribution is 2.19. The van der Waals surface area contributed by atoms with Crippen LogP contribution in [0.15, 0.2) is 53.2 Å². The maximum absolute atomic E-state index is 12.9. The van der Waals surface area contributed by atoms with Crippen molar-refractivity contribution < 1.29 is 18.0 Å². The van der Waals surface area contributed by atoms with Gasteiger partial charge in [-0.1, -0.05) is 0 Å². The van der Waals surface area contributed by atoms with Gasteiger partial charge in [-0.05, 0) is 36.4 Å². The number of benzene rings is 1. The molecule has 116 valence electrons. The number of nitrogens with zero attached hydrogens (tertiary/aromatic N) is 2. The predicted molar refractivity (Wildman–Crippen MR) is 77.2 cm³/mol.